The maximum atomic E-state index is 12.8. The van der Waals surface area contributed by atoms with Crippen molar-refractivity contribution in [1.82, 2.24) is 14.4 Å². The molecule has 0 spiro atoms. The lowest BCUT2D eigenvalue weighted by atomic mass is 9.92. The number of imidazole rings is 1. The zero-order valence-corrected chi connectivity index (χ0v) is 19.6. The molecule has 0 aliphatic heterocycles. The van der Waals surface area contributed by atoms with Crippen molar-refractivity contribution in [2.24, 2.45) is 0 Å². The Labute approximate surface area is 203 Å². The molecule has 6 nitrogen and oxygen atoms in total. The minimum atomic E-state index is -0.104. The summed E-state index contributed by atoms with van der Waals surface area (Å²) >= 11 is 6.16. The highest BCUT2D eigenvalue weighted by Crippen LogP contribution is 2.51. The first-order valence-electron chi connectivity index (χ1n) is 11.8. The Morgan fingerprint density at radius 2 is 2.00 bits per heavy atom. The molecule has 2 saturated carbocycles. The first kappa shape index (κ1) is 21.2. The van der Waals surface area contributed by atoms with E-state index in [1.165, 1.54) is 18.4 Å². The van der Waals surface area contributed by atoms with Crippen molar-refractivity contribution in [2.75, 3.05) is 10.6 Å². The molecule has 172 valence electrons. The number of hydrogen-bond donors (Lipinski definition) is 2. The van der Waals surface area contributed by atoms with E-state index in [-0.39, 0.29) is 11.3 Å². The van der Waals surface area contributed by atoms with Crippen LogP contribution >= 0.6 is 11.6 Å². The van der Waals surface area contributed by atoms with E-state index in [2.05, 4.69) is 50.6 Å². The number of fused-ring (bicyclic) bond motifs is 1. The predicted octanol–water partition coefficient (Wildman–Crippen LogP) is 5.93. The van der Waals surface area contributed by atoms with Crippen LogP contribution in [0.15, 0.2) is 67.1 Å². The summed E-state index contributed by atoms with van der Waals surface area (Å²) in [6.07, 6.45) is 11.0. The molecule has 4 aromatic rings. The summed E-state index contributed by atoms with van der Waals surface area (Å²) in [5, 5.41) is 7.07. The molecule has 6 rings (SSSR count). The molecular weight excluding hydrogens is 446 g/mol. The first-order chi connectivity index (χ1) is 16.6. The van der Waals surface area contributed by atoms with Crippen LogP contribution in [0.1, 0.15) is 54.8 Å². The Morgan fingerprint density at radius 1 is 1.12 bits per heavy atom. The van der Waals surface area contributed by atoms with Gasteiger partial charge >= 0.3 is 0 Å². The van der Waals surface area contributed by atoms with Crippen LogP contribution < -0.4 is 10.6 Å². The number of aromatic nitrogens is 3. The van der Waals surface area contributed by atoms with E-state index in [0.717, 1.165) is 41.4 Å². The molecule has 3 heterocycles. The Kier molecular flexibility index (Phi) is 5.26. The van der Waals surface area contributed by atoms with E-state index < -0.39 is 0 Å². The largest absolute Gasteiger partial charge is 0.379 e. The van der Waals surface area contributed by atoms with E-state index >= 15 is 0 Å². The van der Waals surface area contributed by atoms with E-state index in [0.29, 0.717) is 23.8 Å². The number of nitrogens with zero attached hydrogens (tertiary/aromatic N) is 3. The van der Waals surface area contributed by atoms with Gasteiger partial charge in [0.05, 0.1) is 12.2 Å². The highest BCUT2D eigenvalue weighted by Gasteiger charge is 2.45. The van der Waals surface area contributed by atoms with Crippen LogP contribution in [-0.2, 0) is 16.8 Å². The average molecular weight is 472 g/mol. The second-order valence-electron chi connectivity index (χ2n) is 9.53. The van der Waals surface area contributed by atoms with Gasteiger partial charge in [0.15, 0.2) is 0 Å². The van der Waals surface area contributed by atoms with E-state index in [4.69, 9.17) is 16.6 Å². The number of halogens is 1. The van der Waals surface area contributed by atoms with Crippen LogP contribution in [0.25, 0.3) is 5.65 Å². The zero-order chi connectivity index (χ0) is 23.1. The van der Waals surface area contributed by atoms with Crippen LogP contribution in [0, 0.1) is 0 Å². The Morgan fingerprint density at radius 3 is 2.79 bits per heavy atom. The van der Waals surface area contributed by atoms with E-state index in [1.807, 2.05) is 30.3 Å². The molecule has 2 aliphatic rings. The molecule has 0 unspecified atom stereocenters. The third-order valence-corrected chi connectivity index (χ3v) is 7.10. The molecule has 1 aromatic carbocycles. The normalized spacial score (nSPS) is 16.4. The van der Waals surface area contributed by atoms with Crippen molar-refractivity contribution in [3.8, 4) is 0 Å². The van der Waals surface area contributed by atoms with Crippen LogP contribution in [0.4, 0.5) is 11.5 Å². The van der Waals surface area contributed by atoms with Crippen molar-refractivity contribution < 1.29 is 4.79 Å². The van der Waals surface area contributed by atoms with Gasteiger partial charge in [-0.25, -0.2) is 9.97 Å². The Bertz CT molecular complexity index is 1370. The molecule has 0 bridgehead atoms. The molecule has 1 amide bonds. The van der Waals surface area contributed by atoms with Gasteiger partial charge in [-0.15, -0.1) is 0 Å². The molecule has 2 N–H and O–H groups in total. The van der Waals surface area contributed by atoms with Gasteiger partial charge in [0.1, 0.15) is 11.5 Å². The summed E-state index contributed by atoms with van der Waals surface area (Å²) in [4.78, 5) is 21.8. The third kappa shape index (κ3) is 4.50. The summed E-state index contributed by atoms with van der Waals surface area (Å²) in [6.45, 7) is 0.593. The lowest BCUT2D eigenvalue weighted by Crippen LogP contribution is -2.20. The summed E-state index contributed by atoms with van der Waals surface area (Å²) in [6, 6.07) is 15.9. The predicted molar refractivity (Wildman–Crippen MR) is 134 cm³/mol. The van der Waals surface area contributed by atoms with Crippen LogP contribution in [0.2, 0.25) is 5.02 Å². The maximum Gasteiger partial charge on any atom is 0.226 e. The van der Waals surface area contributed by atoms with Gasteiger partial charge in [0.2, 0.25) is 5.91 Å². The number of amides is 1. The minimum absolute atomic E-state index is 0.0334. The fourth-order valence-electron chi connectivity index (χ4n) is 4.64. The Hall–Kier alpha value is -3.38. The number of carbonyl (C=O) groups is 1. The van der Waals surface area contributed by atoms with Crippen LogP contribution in [0.3, 0.4) is 0 Å². The molecule has 2 aliphatic carbocycles. The highest BCUT2D eigenvalue weighted by molar-refractivity contribution is 6.30. The number of hydrogen-bond acceptors (Lipinski definition) is 4. The number of nitrogens with one attached hydrogen (secondary N) is 2. The molecule has 0 atom stereocenters. The molecule has 2 fully saturated rings. The number of pyridine rings is 2. The van der Waals surface area contributed by atoms with Crippen molar-refractivity contribution in [2.45, 2.75) is 50.0 Å². The highest BCUT2D eigenvalue weighted by atomic mass is 35.5. The number of rotatable bonds is 8. The average Bonchev–Trinajstić information content (AvgIpc) is 3.76. The monoisotopic (exact) mass is 471 g/mol. The van der Waals surface area contributed by atoms with Crippen LogP contribution in [-0.4, -0.2) is 20.3 Å². The SMILES string of the molecule is O=C(CC1(c2cccc(Cl)c2)CC1)Nc1cc(NCc2cn3cc(C4CC4)ccc3n2)ccn1. The summed E-state index contributed by atoms with van der Waals surface area (Å²) in [7, 11) is 0. The molecule has 7 heteroatoms. The molecule has 3 aromatic heterocycles. The van der Waals surface area contributed by atoms with Gasteiger partial charge in [-0.2, -0.15) is 0 Å². The number of benzene rings is 1. The van der Waals surface area contributed by atoms with Gasteiger partial charge in [0, 0.05) is 47.2 Å². The van der Waals surface area contributed by atoms with E-state index in [1.54, 1.807) is 6.20 Å². The standard InChI is InChI=1S/C27H26ClN5O/c28-21-3-1-2-20(12-21)27(9-10-27)14-26(34)32-24-13-22(8-11-29-24)30-15-23-17-33-16-19(18-4-5-18)6-7-25(33)31-23/h1-3,6-8,11-13,16-18H,4-5,9-10,14-15H2,(H2,29,30,32,34). The van der Waals surface area contributed by atoms with Crippen molar-refractivity contribution in [1.29, 1.82) is 0 Å². The smallest absolute Gasteiger partial charge is 0.226 e. The second kappa shape index (κ2) is 8.44. The number of anilines is 2. The van der Waals surface area contributed by atoms with Gasteiger partial charge in [0.25, 0.3) is 0 Å². The summed E-state index contributed by atoms with van der Waals surface area (Å²) < 4.78 is 2.11. The van der Waals surface area contributed by atoms with E-state index in [9.17, 15) is 4.79 Å². The van der Waals surface area contributed by atoms with Crippen molar-refractivity contribution in [3.63, 3.8) is 0 Å². The minimum Gasteiger partial charge on any atom is -0.379 e. The fourth-order valence-corrected chi connectivity index (χ4v) is 4.83. The second-order valence-corrected chi connectivity index (χ2v) is 9.97. The quantitative estimate of drug-likeness (QED) is 0.334. The van der Waals surface area contributed by atoms with Gasteiger partial charge < -0.3 is 15.0 Å². The maximum absolute atomic E-state index is 12.8. The van der Waals surface area contributed by atoms with Crippen molar-refractivity contribution >= 4 is 34.7 Å². The Balaban J connectivity index is 1.08. The van der Waals surface area contributed by atoms with Crippen LogP contribution in [0.5, 0.6) is 0 Å². The summed E-state index contributed by atoms with van der Waals surface area (Å²) in [5.74, 6) is 1.23. The molecule has 0 radical (unpaired) electrons. The molecular formula is C27H26ClN5O. The zero-order valence-electron chi connectivity index (χ0n) is 18.8. The lowest BCUT2D eigenvalue weighted by molar-refractivity contribution is -0.116. The molecule has 34 heavy (non-hydrogen) atoms. The van der Waals surface area contributed by atoms with Crippen molar-refractivity contribution in [3.05, 3.63) is 89.0 Å². The lowest BCUT2D eigenvalue weighted by Gasteiger charge is -2.16. The van der Waals surface area contributed by atoms with Gasteiger partial charge in [-0.3, -0.25) is 4.79 Å². The fraction of sp³-hybridized carbons (Fsp3) is 0.296. The summed E-state index contributed by atoms with van der Waals surface area (Å²) in [5.41, 5.74) is 5.23. The molecule has 0 saturated heterocycles. The third-order valence-electron chi connectivity index (χ3n) is 6.86. The van der Waals surface area contributed by atoms with Gasteiger partial charge in [-0.1, -0.05) is 29.8 Å². The first-order valence-corrected chi connectivity index (χ1v) is 12.2. The number of carbonyl (C=O) groups excluding carboxylic acids is 1. The topological polar surface area (TPSA) is 71.3 Å². The van der Waals surface area contributed by atoms with Gasteiger partial charge in [-0.05, 0) is 67.0 Å².